The van der Waals surface area contributed by atoms with Gasteiger partial charge in [-0.1, -0.05) is 23.4 Å². The van der Waals surface area contributed by atoms with E-state index in [2.05, 4.69) is 22.1 Å². The summed E-state index contributed by atoms with van der Waals surface area (Å²) in [6.07, 6.45) is 0.216. The van der Waals surface area contributed by atoms with Crippen molar-refractivity contribution in [2.24, 2.45) is 0 Å². The molecule has 0 saturated carbocycles. The summed E-state index contributed by atoms with van der Waals surface area (Å²) < 4.78 is 0. The number of anilines is 1. The Bertz CT molecular complexity index is 948. The second-order valence-electron chi connectivity index (χ2n) is 5.82. The van der Waals surface area contributed by atoms with E-state index in [-0.39, 0.29) is 24.6 Å². The predicted octanol–water partition coefficient (Wildman–Crippen LogP) is 3.97. The molecule has 1 amide bonds. The van der Waals surface area contributed by atoms with Crippen LogP contribution in [0.3, 0.4) is 0 Å². The van der Waals surface area contributed by atoms with E-state index in [0.29, 0.717) is 32.8 Å². The highest BCUT2D eigenvalue weighted by Gasteiger charge is 2.19. The van der Waals surface area contributed by atoms with Gasteiger partial charge >= 0.3 is 0 Å². The molecule has 27 heavy (non-hydrogen) atoms. The lowest BCUT2D eigenvalue weighted by Gasteiger charge is -2.22. The molecule has 1 aromatic carbocycles. The first-order chi connectivity index (χ1) is 12.9. The molecule has 0 aliphatic heterocycles. The zero-order chi connectivity index (χ0) is 20.0. The minimum absolute atomic E-state index is 0.0949. The Morgan fingerprint density at radius 1 is 1.26 bits per heavy atom. The number of nitrogens with zero attached hydrogens (tertiary/aromatic N) is 5. The molecule has 0 unspecified atom stereocenters. The third-order valence-corrected chi connectivity index (χ3v) is 5.20. The summed E-state index contributed by atoms with van der Waals surface area (Å²) in [7, 11) is 0. The fourth-order valence-electron chi connectivity index (χ4n) is 2.48. The van der Waals surface area contributed by atoms with Crippen LogP contribution in [0.5, 0.6) is 0 Å². The lowest BCUT2D eigenvalue weighted by atomic mass is 10.2. The zero-order valence-corrected chi connectivity index (χ0v) is 16.9. The summed E-state index contributed by atoms with van der Waals surface area (Å²) in [4.78, 5) is 22.9. The van der Waals surface area contributed by atoms with Crippen LogP contribution in [0.25, 0.3) is 0 Å². The number of halogens is 1. The molecule has 8 heteroatoms. The van der Waals surface area contributed by atoms with Gasteiger partial charge in [-0.2, -0.15) is 10.5 Å². The number of hydrogen-bond donors (Lipinski definition) is 0. The number of benzene rings is 1. The van der Waals surface area contributed by atoms with Crippen LogP contribution < -0.4 is 4.90 Å². The van der Waals surface area contributed by atoms with Crippen LogP contribution in [0.1, 0.15) is 29.1 Å². The molecule has 0 N–H and O–H groups in total. The van der Waals surface area contributed by atoms with Crippen molar-refractivity contribution in [1.29, 1.82) is 10.5 Å². The van der Waals surface area contributed by atoms with Gasteiger partial charge in [0.05, 0.1) is 23.9 Å². The van der Waals surface area contributed by atoms with Crippen molar-refractivity contribution in [3.05, 3.63) is 45.9 Å². The summed E-state index contributed by atoms with van der Waals surface area (Å²) in [5, 5.41) is 19.3. The van der Waals surface area contributed by atoms with Gasteiger partial charge in [0.15, 0.2) is 0 Å². The van der Waals surface area contributed by atoms with Crippen molar-refractivity contribution in [1.82, 2.24) is 9.97 Å². The van der Waals surface area contributed by atoms with Crippen LogP contribution in [0.4, 0.5) is 5.69 Å². The molecule has 0 radical (unpaired) electrons. The van der Waals surface area contributed by atoms with Crippen molar-refractivity contribution in [3.8, 4) is 12.1 Å². The fraction of sp³-hybridized carbons (Fsp3) is 0.316. The van der Waals surface area contributed by atoms with Crippen molar-refractivity contribution < 1.29 is 4.79 Å². The van der Waals surface area contributed by atoms with Crippen molar-refractivity contribution in [2.75, 3.05) is 17.2 Å². The average Bonchev–Trinajstić information content (AvgIpc) is 2.62. The van der Waals surface area contributed by atoms with E-state index in [0.717, 1.165) is 5.56 Å². The quantitative estimate of drug-likeness (QED) is 0.539. The maximum absolute atomic E-state index is 12.8. The largest absolute Gasteiger partial charge is 0.311 e. The Labute approximate surface area is 167 Å². The number of hydrogen-bond acceptors (Lipinski definition) is 6. The number of carbonyl (C=O) groups is 1. The highest BCUT2D eigenvalue weighted by molar-refractivity contribution is 8.00. The molecule has 1 aromatic heterocycles. The Morgan fingerprint density at radius 2 is 2.00 bits per heavy atom. The van der Waals surface area contributed by atoms with Crippen LogP contribution in [0.15, 0.2) is 23.2 Å². The number of aryl methyl sites for hydroxylation is 3. The van der Waals surface area contributed by atoms with Crippen LogP contribution in [-0.4, -0.2) is 28.2 Å². The van der Waals surface area contributed by atoms with E-state index in [1.807, 2.05) is 13.0 Å². The maximum atomic E-state index is 12.8. The van der Waals surface area contributed by atoms with E-state index in [4.69, 9.17) is 16.9 Å². The van der Waals surface area contributed by atoms with Gasteiger partial charge in [0.2, 0.25) is 5.91 Å². The van der Waals surface area contributed by atoms with Gasteiger partial charge in [-0.15, -0.1) is 0 Å². The minimum atomic E-state index is -0.171. The Balaban J connectivity index is 2.23. The van der Waals surface area contributed by atoms with Crippen LogP contribution >= 0.6 is 23.4 Å². The van der Waals surface area contributed by atoms with Gasteiger partial charge in [0.25, 0.3) is 0 Å². The highest BCUT2D eigenvalue weighted by Crippen LogP contribution is 2.26. The van der Waals surface area contributed by atoms with Gasteiger partial charge in [-0.25, -0.2) is 9.97 Å². The van der Waals surface area contributed by atoms with E-state index < -0.39 is 0 Å². The van der Waals surface area contributed by atoms with E-state index in [9.17, 15) is 10.1 Å². The molecule has 2 aromatic rings. The van der Waals surface area contributed by atoms with Crippen LogP contribution in [0.2, 0.25) is 5.02 Å². The number of nitriles is 2. The first-order valence-electron chi connectivity index (χ1n) is 8.19. The molecule has 0 spiro atoms. The minimum Gasteiger partial charge on any atom is -0.311 e. The van der Waals surface area contributed by atoms with E-state index >= 15 is 0 Å². The normalized spacial score (nSPS) is 10.1. The molecular weight excluding hydrogens is 382 g/mol. The topological polar surface area (TPSA) is 93.7 Å². The lowest BCUT2D eigenvalue weighted by molar-refractivity contribution is -0.116. The third-order valence-electron chi connectivity index (χ3n) is 3.81. The molecule has 0 atom stereocenters. The molecule has 0 aliphatic rings. The van der Waals surface area contributed by atoms with Crippen LogP contribution in [0, 0.1) is 43.4 Å². The number of aromatic nitrogens is 2. The van der Waals surface area contributed by atoms with Gasteiger partial charge in [-0.05, 0) is 44.5 Å². The molecule has 0 bridgehead atoms. The van der Waals surface area contributed by atoms with Crippen molar-refractivity contribution >= 4 is 35.0 Å². The first-order valence-corrected chi connectivity index (χ1v) is 9.55. The first kappa shape index (κ1) is 20.7. The Morgan fingerprint density at radius 3 is 2.63 bits per heavy atom. The van der Waals surface area contributed by atoms with Gasteiger partial charge in [0, 0.05) is 17.3 Å². The number of carbonyl (C=O) groups excluding carboxylic acids is 1. The zero-order valence-electron chi connectivity index (χ0n) is 15.3. The van der Waals surface area contributed by atoms with Gasteiger partial charge < -0.3 is 4.90 Å². The van der Waals surface area contributed by atoms with Crippen LogP contribution in [-0.2, 0) is 4.79 Å². The molecule has 0 fully saturated rings. The Hall–Kier alpha value is -2.61. The molecule has 138 valence electrons. The van der Waals surface area contributed by atoms with Crippen molar-refractivity contribution in [2.45, 2.75) is 32.2 Å². The Kier molecular flexibility index (Phi) is 7.18. The molecule has 6 nitrogen and oxygen atoms in total. The second kappa shape index (κ2) is 9.36. The second-order valence-corrected chi connectivity index (χ2v) is 7.20. The fourth-order valence-corrected chi connectivity index (χ4v) is 3.55. The highest BCUT2D eigenvalue weighted by atomic mass is 35.5. The smallest absolute Gasteiger partial charge is 0.237 e. The van der Waals surface area contributed by atoms with Crippen molar-refractivity contribution in [3.63, 3.8) is 0 Å². The number of amides is 1. The molecule has 0 aliphatic carbocycles. The summed E-state index contributed by atoms with van der Waals surface area (Å²) >= 11 is 7.27. The lowest BCUT2D eigenvalue weighted by Crippen LogP contribution is -2.33. The number of rotatable bonds is 6. The monoisotopic (exact) mass is 399 g/mol. The molecule has 0 saturated heterocycles. The molecule has 1 heterocycles. The molecule has 2 rings (SSSR count). The van der Waals surface area contributed by atoms with Gasteiger partial charge in [-0.3, -0.25) is 4.79 Å². The SMILES string of the molecule is Cc1nc(C)c(C#N)c(SCC(=O)N(CCC#N)c2ccc(Cl)c(C)c2)n1. The summed E-state index contributed by atoms with van der Waals surface area (Å²) in [6.45, 7) is 5.63. The van der Waals surface area contributed by atoms with E-state index in [1.165, 1.54) is 11.8 Å². The summed E-state index contributed by atoms with van der Waals surface area (Å²) in [5.41, 5.74) is 2.51. The summed E-state index contributed by atoms with van der Waals surface area (Å²) in [5.74, 6) is 0.475. The maximum Gasteiger partial charge on any atom is 0.237 e. The number of thioether (sulfide) groups is 1. The third kappa shape index (κ3) is 5.19. The van der Waals surface area contributed by atoms with E-state index in [1.54, 1.807) is 30.9 Å². The average molecular weight is 400 g/mol. The summed E-state index contributed by atoms with van der Waals surface area (Å²) in [6, 6.07) is 9.47. The standard InChI is InChI=1S/C19H18ClN5OS/c1-12-9-15(5-6-17(12)20)25(8-4-7-21)18(26)11-27-19-16(10-22)13(2)23-14(3)24-19/h5-6,9H,4,8,11H2,1-3H3. The van der Waals surface area contributed by atoms with Gasteiger partial charge in [0.1, 0.15) is 22.5 Å². The molecular formula is C19H18ClN5OS. The predicted molar refractivity (Wildman–Crippen MR) is 106 cm³/mol.